The van der Waals surface area contributed by atoms with Gasteiger partial charge in [0.25, 0.3) is 0 Å². The zero-order valence-electron chi connectivity index (χ0n) is 12.3. The molecule has 0 saturated heterocycles. The Balaban J connectivity index is 2.01. The van der Waals surface area contributed by atoms with E-state index in [-0.39, 0.29) is 5.91 Å². The van der Waals surface area contributed by atoms with Crippen LogP contribution in [0.3, 0.4) is 0 Å². The molecular formula is C17H20N2O2. The summed E-state index contributed by atoms with van der Waals surface area (Å²) in [4.78, 5) is 12.0. The molecule has 2 aromatic carbocycles. The second-order valence-corrected chi connectivity index (χ2v) is 5.16. The fourth-order valence-electron chi connectivity index (χ4n) is 1.67. The smallest absolute Gasteiger partial charge is 0.244 e. The number of anilines is 1. The zero-order chi connectivity index (χ0) is 15.3. The molecule has 0 radical (unpaired) electrons. The van der Waals surface area contributed by atoms with Gasteiger partial charge in [-0.15, -0.1) is 0 Å². The molecular weight excluding hydrogens is 264 g/mol. The van der Waals surface area contributed by atoms with Gasteiger partial charge in [0, 0.05) is 5.69 Å². The average molecular weight is 284 g/mol. The van der Waals surface area contributed by atoms with Crippen molar-refractivity contribution in [1.82, 2.24) is 0 Å². The van der Waals surface area contributed by atoms with Gasteiger partial charge in [0.1, 0.15) is 11.5 Å². The van der Waals surface area contributed by atoms with E-state index >= 15 is 0 Å². The van der Waals surface area contributed by atoms with Crippen molar-refractivity contribution in [1.29, 1.82) is 0 Å². The van der Waals surface area contributed by atoms with Crippen LogP contribution < -0.4 is 15.8 Å². The lowest BCUT2D eigenvalue weighted by atomic mass is 9.99. The van der Waals surface area contributed by atoms with Crippen molar-refractivity contribution in [3.05, 3.63) is 54.6 Å². The Morgan fingerprint density at radius 2 is 1.67 bits per heavy atom. The van der Waals surface area contributed by atoms with E-state index in [9.17, 15) is 4.79 Å². The molecule has 0 saturated carbocycles. The number of hydrogen-bond donors (Lipinski definition) is 2. The number of amides is 1. The van der Waals surface area contributed by atoms with Gasteiger partial charge in [-0.3, -0.25) is 4.79 Å². The normalized spacial score (nSPS) is 13.3. The summed E-state index contributed by atoms with van der Waals surface area (Å²) in [5.41, 5.74) is 5.74. The zero-order valence-corrected chi connectivity index (χ0v) is 12.3. The van der Waals surface area contributed by atoms with Crippen molar-refractivity contribution in [3.63, 3.8) is 0 Å². The monoisotopic (exact) mass is 284 g/mol. The quantitative estimate of drug-likeness (QED) is 0.882. The first-order valence-corrected chi connectivity index (χ1v) is 6.94. The van der Waals surface area contributed by atoms with Gasteiger partial charge in [-0.1, -0.05) is 25.1 Å². The molecule has 110 valence electrons. The van der Waals surface area contributed by atoms with Crippen LogP contribution in [0.1, 0.15) is 20.3 Å². The number of para-hydroxylation sites is 1. The van der Waals surface area contributed by atoms with Gasteiger partial charge in [-0.2, -0.15) is 0 Å². The molecule has 21 heavy (non-hydrogen) atoms. The second kappa shape index (κ2) is 6.41. The van der Waals surface area contributed by atoms with Crippen LogP contribution in [0.25, 0.3) is 0 Å². The van der Waals surface area contributed by atoms with Crippen molar-refractivity contribution in [2.75, 3.05) is 5.32 Å². The van der Waals surface area contributed by atoms with E-state index in [1.807, 2.05) is 49.4 Å². The van der Waals surface area contributed by atoms with Crippen LogP contribution in [0, 0.1) is 0 Å². The third-order valence-corrected chi connectivity index (χ3v) is 3.34. The Morgan fingerprint density at radius 3 is 2.24 bits per heavy atom. The van der Waals surface area contributed by atoms with E-state index in [1.54, 1.807) is 19.1 Å². The lowest BCUT2D eigenvalue weighted by Crippen LogP contribution is -2.47. The number of nitrogens with one attached hydrogen (secondary N) is 1. The van der Waals surface area contributed by atoms with E-state index in [0.29, 0.717) is 17.9 Å². The minimum atomic E-state index is -0.862. The minimum Gasteiger partial charge on any atom is -0.457 e. The van der Waals surface area contributed by atoms with Crippen LogP contribution in [0.4, 0.5) is 5.69 Å². The van der Waals surface area contributed by atoms with Crippen LogP contribution in [0.15, 0.2) is 54.6 Å². The van der Waals surface area contributed by atoms with Gasteiger partial charge in [-0.05, 0) is 49.7 Å². The maximum absolute atomic E-state index is 12.0. The first-order valence-electron chi connectivity index (χ1n) is 6.94. The summed E-state index contributed by atoms with van der Waals surface area (Å²) >= 11 is 0. The summed E-state index contributed by atoms with van der Waals surface area (Å²) in [5.74, 6) is 1.29. The maximum atomic E-state index is 12.0. The number of rotatable bonds is 5. The molecule has 0 spiro atoms. The van der Waals surface area contributed by atoms with Crippen LogP contribution in [-0.4, -0.2) is 11.4 Å². The summed E-state index contributed by atoms with van der Waals surface area (Å²) in [6, 6.07) is 16.7. The standard InChI is InChI=1S/C17H20N2O2/c1-3-17(2,18)16(20)19-13-9-11-15(12-10-13)21-14-7-5-4-6-8-14/h4-12H,3,18H2,1-2H3,(H,19,20). The van der Waals surface area contributed by atoms with Gasteiger partial charge in [0.2, 0.25) is 5.91 Å². The van der Waals surface area contributed by atoms with E-state index in [0.717, 1.165) is 5.75 Å². The molecule has 0 aromatic heterocycles. The predicted octanol–water partition coefficient (Wildman–Crippen LogP) is 3.54. The maximum Gasteiger partial charge on any atom is 0.244 e. The lowest BCUT2D eigenvalue weighted by Gasteiger charge is -2.21. The Morgan fingerprint density at radius 1 is 1.10 bits per heavy atom. The summed E-state index contributed by atoms with van der Waals surface area (Å²) in [5, 5.41) is 2.80. The highest BCUT2D eigenvalue weighted by Crippen LogP contribution is 2.23. The number of benzene rings is 2. The SMILES string of the molecule is CCC(C)(N)C(=O)Nc1ccc(Oc2ccccc2)cc1. The van der Waals surface area contributed by atoms with E-state index in [4.69, 9.17) is 10.5 Å². The topological polar surface area (TPSA) is 64.4 Å². The van der Waals surface area contributed by atoms with E-state index < -0.39 is 5.54 Å². The molecule has 2 aromatic rings. The highest BCUT2D eigenvalue weighted by molar-refractivity contribution is 5.97. The first kappa shape index (κ1) is 15.1. The van der Waals surface area contributed by atoms with Gasteiger partial charge < -0.3 is 15.8 Å². The summed E-state index contributed by atoms with van der Waals surface area (Å²) < 4.78 is 5.69. The van der Waals surface area contributed by atoms with E-state index in [1.165, 1.54) is 0 Å². The third kappa shape index (κ3) is 4.07. The number of nitrogens with two attached hydrogens (primary N) is 1. The number of carbonyl (C=O) groups is 1. The fraction of sp³-hybridized carbons (Fsp3) is 0.235. The van der Waals surface area contributed by atoms with Crippen molar-refractivity contribution in [3.8, 4) is 11.5 Å². The molecule has 2 rings (SSSR count). The molecule has 0 aliphatic rings. The van der Waals surface area contributed by atoms with Crippen molar-refractivity contribution < 1.29 is 9.53 Å². The molecule has 0 heterocycles. The van der Waals surface area contributed by atoms with Gasteiger partial charge in [0.05, 0.1) is 5.54 Å². The van der Waals surface area contributed by atoms with Crippen LogP contribution in [-0.2, 0) is 4.79 Å². The minimum absolute atomic E-state index is 0.193. The molecule has 0 aliphatic carbocycles. The molecule has 1 unspecified atom stereocenters. The molecule has 4 nitrogen and oxygen atoms in total. The van der Waals surface area contributed by atoms with Crippen LogP contribution in [0.5, 0.6) is 11.5 Å². The molecule has 1 atom stereocenters. The Hall–Kier alpha value is -2.33. The van der Waals surface area contributed by atoms with Crippen LogP contribution in [0.2, 0.25) is 0 Å². The number of hydrogen-bond acceptors (Lipinski definition) is 3. The predicted molar refractivity (Wildman–Crippen MR) is 84.5 cm³/mol. The fourth-order valence-corrected chi connectivity index (χ4v) is 1.67. The summed E-state index contributed by atoms with van der Waals surface area (Å²) in [6.45, 7) is 3.60. The summed E-state index contributed by atoms with van der Waals surface area (Å²) in [6.07, 6.45) is 0.577. The van der Waals surface area contributed by atoms with E-state index in [2.05, 4.69) is 5.32 Å². The molecule has 4 heteroatoms. The van der Waals surface area contributed by atoms with Crippen LogP contribution >= 0.6 is 0 Å². The highest BCUT2D eigenvalue weighted by atomic mass is 16.5. The molecule has 3 N–H and O–H groups in total. The molecule has 0 bridgehead atoms. The first-order chi connectivity index (χ1) is 10.0. The van der Waals surface area contributed by atoms with Crippen molar-refractivity contribution >= 4 is 11.6 Å². The van der Waals surface area contributed by atoms with Gasteiger partial charge in [-0.25, -0.2) is 0 Å². The highest BCUT2D eigenvalue weighted by Gasteiger charge is 2.25. The third-order valence-electron chi connectivity index (χ3n) is 3.34. The Labute approximate surface area is 124 Å². The number of ether oxygens (including phenoxy) is 1. The molecule has 0 aliphatic heterocycles. The largest absolute Gasteiger partial charge is 0.457 e. The average Bonchev–Trinajstić information content (AvgIpc) is 2.50. The van der Waals surface area contributed by atoms with Gasteiger partial charge >= 0.3 is 0 Å². The number of carbonyl (C=O) groups excluding carboxylic acids is 1. The van der Waals surface area contributed by atoms with Crippen molar-refractivity contribution in [2.45, 2.75) is 25.8 Å². The molecule has 1 amide bonds. The Bertz CT molecular complexity index is 592. The van der Waals surface area contributed by atoms with Crippen molar-refractivity contribution in [2.24, 2.45) is 5.73 Å². The Kier molecular flexibility index (Phi) is 4.60. The van der Waals surface area contributed by atoms with Gasteiger partial charge in [0.15, 0.2) is 0 Å². The second-order valence-electron chi connectivity index (χ2n) is 5.16. The lowest BCUT2D eigenvalue weighted by molar-refractivity contribution is -0.120. The molecule has 0 fully saturated rings. The summed E-state index contributed by atoms with van der Waals surface area (Å²) in [7, 11) is 0.